The van der Waals surface area contributed by atoms with Gasteiger partial charge in [-0.25, -0.2) is 9.48 Å². The second-order valence-electron chi connectivity index (χ2n) is 4.38. The van der Waals surface area contributed by atoms with Crippen LogP contribution in [0, 0.1) is 13.8 Å². The predicted molar refractivity (Wildman–Crippen MR) is 75.1 cm³/mol. The normalized spacial score (nSPS) is 10.4. The fraction of sp³-hybridized carbons (Fsp3) is 0.286. The zero-order valence-corrected chi connectivity index (χ0v) is 12.3. The molecule has 0 aliphatic heterocycles. The molecule has 6 heteroatoms. The van der Waals surface area contributed by atoms with Crippen LogP contribution in [0.25, 0.3) is 0 Å². The van der Waals surface area contributed by atoms with Crippen LogP contribution in [0.15, 0.2) is 24.4 Å². The van der Waals surface area contributed by atoms with Gasteiger partial charge in [0.15, 0.2) is 12.4 Å². The summed E-state index contributed by atoms with van der Waals surface area (Å²) in [5.74, 6) is 0.237. The van der Waals surface area contributed by atoms with Crippen LogP contribution in [-0.4, -0.2) is 22.9 Å². The molecular weight excluding hydrogens is 280 g/mol. The molecule has 0 saturated heterocycles. The molecule has 0 aliphatic carbocycles. The standard InChI is InChI=1S/C14H15ClN2O3/c1-9-6-11(7-10(2)13(9)15)20-8-17-5-4-12(16-17)14(18)19-3/h4-7H,8H2,1-3H3. The van der Waals surface area contributed by atoms with Crippen molar-refractivity contribution >= 4 is 17.6 Å². The highest BCUT2D eigenvalue weighted by Crippen LogP contribution is 2.25. The molecule has 1 aromatic carbocycles. The van der Waals surface area contributed by atoms with E-state index in [4.69, 9.17) is 16.3 Å². The second-order valence-corrected chi connectivity index (χ2v) is 4.75. The van der Waals surface area contributed by atoms with Gasteiger partial charge >= 0.3 is 5.97 Å². The number of nitrogens with zero attached hydrogens (tertiary/aromatic N) is 2. The Kier molecular flexibility index (Phi) is 4.29. The molecule has 0 saturated carbocycles. The van der Waals surface area contributed by atoms with Crippen molar-refractivity contribution in [1.82, 2.24) is 9.78 Å². The summed E-state index contributed by atoms with van der Waals surface area (Å²) in [5.41, 5.74) is 2.16. The zero-order valence-electron chi connectivity index (χ0n) is 11.5. The lowest BCUT2D eigenvalue weighted by atomic mass is 10.1. The van der Waals surface area contributed by atoms with Gasteiger partial charge in [0.1, 0.15) is 5.75 Å². The average molecular weight is 295 g/mol. The molecular formula is C14H15ClN2O3. The third kappa shape index (κ3) is 3.11. The van der Waals surface area contributed by atoms with Crippen LogP contribution in [0.4, 0.5) is 0 Å². The molecule has 20 heavy (non-hydrogen) atoms. The van der Waals surface area contributed by atoms with Crippen molar-refractivity contribution in [2.24, 2.45) is 0 Å². The van der Waals surface area contributed by atoms with Crippen LogP contribution >= 0.6 is 11.6 Å². The number of halogens is 1. The lowest BCUT2D eigenvalue weighted by Crippen LogP contribution is -2.08. The number of esters is 1. The van der Waals surface area contributed by atoms with E-state index in [1.165, 1.54) is 11.8 Å². The van der Waals surface area contributed by atoms with Crippen molar-refractivity contribution in [3.63, 3.8) is 0 Å². The van der Waals surface area contributed by atoms with E-state index in [0.29, 0.717) is 5.75 Å². The first-order valence-electron chi connectivity index (χ1n) is 6.02. The van der Waals surface area contributed by atoms with Crippen LogP contribution in [0.2, 0.25) is 5.02 Å². The Morgan fingerprint density at radius 2 is 2.00 bits per heavy atom. The van der Waals surface area contributed by atoms with Crippen molar-refractivity contribution in [3.05, 3.63) is 46.2 Å². The zero-order chi connectivity index (χ0) is 14.7. The summed E-state index contributed by atoms with van der Waals surface area (Å²) in [6.45, 7) is 4.05. The van der Waals surface area contributed by atoms with E-state index < -0.39 is 5.97 Å². The van der Waals surface area contributed by atoms with Gasteiger partial charge in [0.25, 0.3) is 0 Å². The first kappa shape index (κ1) is 14.4. The Bertz CT molecular complexity index is 614. The lowest BCUT2D eigenvalue weighted by molar-refractivity contribution is 0.0592. The van der Waals surface area contributed by atoms with E-state index in [1.54, 1.807) is 12.3 Å². The molecule has 0 bridgehead atoms. The highest BCUT2D eigenvalue weighted by atomic mass is 35.5. The molecule has 0 fully saturated rings. The van der Waals surface area contributed by atoms with Crippen molar-refractivity contribution < 1.29 is 14.3 Å². The molecule has 1 heterocycles. The second kappa shape index (κ2) is 5.96. The lowest BCUT2D eigenvalue weighted by Gasteiger charge is -2.09. The minimum absolute atomic E-state index is 0.206. The number of aromatic nitrogens is 2. The minimum atomic E-state index is -0.470. The van der Waals surface area contributed by atoms with Gasteiger partial charge in [0.05, 0.1) is 7.11 Å². The summed E-state index contributed by atoms with van der Waals surface area (Å²) in [4.78, 5) is 11.3. The number of hydrogen-bond acceptors (Lipinski definition) is 4. The van der Waals surface area contributed by atoms with Gasteiger partial charge in [-0.05, 0) is 43.2 Å². The number of methoxy groups -OCH3 is 1. The summed E-state index contributed by atoms with van der Waals surface area (Å²) < 4.78 is 11.7. The van der Waals surface area contributed by atoms with Crippen LogP contribution < -0.4 is 4.74 Å². The summed E-state index contributed by atoms with van der Waals surface area (Å²) in [7, 11) is 1.32. The highest BCUT2D eigenvalue weighted by Gasteiger charge is 2.09. The Morgan fingerprint density at radius 3 is 2.60 bits per heavy atom. The summed E-state index contributed by atoms with van der Waals surface area (Å²) in [6.07, 6.45) is 1.65. The Labute approximate surface area is 122 Å². The van der Waals surface area contributed by atoms with Crippen LogP contribution in [0.1, 0.15) is 21.6 Å². The molecule has 2 rings (SSSR count). The summed E-state index contributed by atoms with van der Waals surface area (Å²) in [6, 6.07) is 5.30. The molecule has 1 aromatic heterocycles. The van der Waals surface area contributed by atoms with Crippen molar-refractivity contribution in [3.8, 4) is 5.75 Å². The van der Waals surface area contributed by atoms with Gasteiger partial charge in [0.2, 0.25) is 0 Å². The third-order valence-electron chi connectivity index (χ3n) is 2.81. The molecule has 0 unspecified atom stereocenters. The molecule has 2 aromatic rings. The third-order valence-corrected chi connectivity index (χ3v) is 3.40. The van der Waals surface area contributed by atoms with E-state index in [-0.39, 0.29) is 12.4 Å². The van der Waals surface area contributed by atoms with Crippen LogP contribution in [0.3, 0.4) is 0 Å². The first-order chi connectivity index (χ1) is 9.51. The molecule has 0 N–H and O–H groups in total. The van der Waals surface area contributed by atoms with Crippen molar-refractivity contribution in [2.75, 3.05) is 7.11 Å². The summed E-state index contributed by atoms with van der Waals surface area (Å²) in [5, 5.41) is 4.79. The highest BCUT2D eigenvalue weighted by molar-refractivity contribution is 6.32. The quantitative estimate of drug-likeness (QED) is 0.814. The molecule has 0 radical (unpaired) electrons. The number of ether oxygens (including phenoxy) is 2. The maximum Gasteiger partial charge on any atom is 0.358 e. The summed E-state index contributed by atoms with van der Waals surface area (Å²) >= 11 is 6.10. The molecule has 0 spiro atoms. The number of hydrogen-bond donors (Lipinski definition) is 0. The van der Waals surface area contributed by atoms with Crippen LogP contribution in [-0.2, 0) is 11.5 Å². The monoisotopic (exact) mass is 294 g/mol. The topological polar surface area (TPSA) is 53.4 Å². The average Bonchev–Trinajstić information content (AvgIpc) is 2.90. The molecule has 0 amide bonds. The maximum absolute atomic E-state index is 11.3. The van der Waals surface area contributed by atoms with Crippen molar-refractivity contribution in [2.45, 2.75) is 20.6 Å². The number of benzene rings is 1. The van der Waals surface area contributed by atoms with Gasteiger partial charge in [-0.15, -0.1) is 0 Å². The Hall–Kier alpha value is -2.01. The molecule has 106 valence electrons. The fourth-order valence-electron chi connectivity index (χ4n) is 1.78. The van der Waals surface area contributed by atoms with Gasteiger partial charge in [-0.2, -0.15) is 5.10 Å². The van der Waals surface area contributed by atoms with E-state index in [1.807, 2.05) is 26.0 Å². The Balaban J connectivity index is 2.05. The fourth-order valence-corrected chi connectivity index (χ4v) is 1.89. The largest absolute Gasteiger partial charge is 0.471 e. The smallest absolute Gasteiger partial charge is 0.358 e. The van der Waals surface area contributed by atoms with E-state index in [2.05, 4.69) is 9.84 Å². The van der Waals surface area contributed by atoms with Gasteiger partial charge in [0, 0.05) is 11.2 Å². The molecule has 0 aliphatic rings. The number of carbonyl (C=O) groups excluding carboxylic acids is 1. The Morgan fingerprint density at radius 1 is 1.35 bits per heavy atom. The maximum atomic E-state index is 11.3. The van der Waals surface area contributed by atoms with Gasteiger partial charge in [-0.3, -0.25) is 0 Å². The number of rotatable bonds is 4. The predicted octanol–water partition coefficient (Wildman–Crippen LogP) is 2.98. The van der Waals surface area contributed by atoms with Gasteiger partial charge < -0.3 is 9.47 Å². The van der Waals surface area contributed by atoms with E-state index in [9.17, 15) is 4.79 Å². The number of aryl methyl sites for hydroxylation is 2. The number of carbonyl (C=O) groups is 1. The minimum Gasteiger partial charge on any atom is -0.471 e. The first-order valence-corrected chi connectivity index (χ1v) is 6.40. The van der Waals surface area contributed by atoms with Gasteiger partial charge in [-0.1, -0.05) is 11.6 Å². The van der Waals surface area contributed by atoms with Crippen molar-refractivity contribution in [1.29, 1.82) is 0 Å². The SMILES string of the molecule is COC(=O)c1ccn(COc2cc(C)c(Cl)c(C)c2)n1. The van der Waals surface area contributed by atoms with Crippen LogP contribution in [0.5, 0.6) is 5.75 Å². The molecule has 0 atom stereocenters. The van der Waals surface area contributed by atoms with E-state index in [0.717, 1.165) is 16.1 Å². The molecule has 5 nitrogen and oxygen atoms in total. The van der Waals surface area contributed by atoms with E-state index >= 15 is 0 Å².